The van der Waals surface area contributed by atoms with Crippen molar-refractivity contribution in [3.8, 4) is 0 Å². The lowest BCUT2D eigenvalue weighted by Crippen LogP contribution is -2.59. The second-order valence-corrected chi connectivity index (χ2v) is 17.9. The Hall–Kier alpha value is -2.37. The first-order chi connectivity index (χ1) is 31.9. The number of ether oxygens (including phenoxy) is 4. The molecule has 0 amide bonds. The van der Waals surface area contributed by atoms with Crippen molar-refractivity contribution in [3.05, 3.63) is 72.9 Å². The van der Waals surface area contributed by atoms with Crippen LogP contribution < -0.4 is 0 Å². The van der Waals surface area contributed by atoms with Crippen molar-refractivity contribution in [2.45, 2.75) is 250 Å². The third-order valence-electron chi connectivity index (χ3n) is 11.9. The highest BCUT2D eigenvalue weighted by atomic mass is 16.7. The Bertz CT molecular complexity index is 1220. The van der Waals surface area contributed by atoms with Crippen LogP contribution in [0.5, 0.6) is 0 Å². The van der Waals surface area contributed by atoms with Crippen molar-refractivity contribution in [3.63, 3.8) is 0 Å². The Labute approximate surface area is 397 Å². The molecular formula is C56H98O9. The minimum atomic E-state index is -1.54. The van der Waals surface area contributed by atoms with Crippen LogP contribution in [0.2, 0.25) is 0 Å². The maximum absolute atomic E-state index is 12.9. The zero-order chi connectivity index (χ0) is 47.1. The first-order valence-corrected chi connectivity index (χ1v) is 26.5. The molecule has 4 N–H and O–H groups in total. The van der Waals surface area contributed by atoms with Crippen molar-refractivity contribution in [1.82, 2.24) is 0 Å². The van der Waals surface area contributed by atoms with Gasteiger partial charge >= 0.3 is 5.97 Å². The van der Waals surface area contributed by atoms with E-state index >= 15 is 0 Å². The smallest absolute Gasteiger partial charge is 0.306 e. The molecule has 1 rings (SSSR count). The molecule has 9 heteroatoms. The quantitative estimate of drug-likeness (QED) is 0.0267. The fraction of sp³-hybridized carbons (Fsp3) is 0.768. The van der Waals surface area contributed by atoms with Crippen LogP contribution in [0.3, 0.4) is 0 Å². The predicted molar refractivity (Wildman–Crippen MR) is 270 cm³/mol. The molecule has 0 aromatic rings. The Balaban J connectivity index is 2.21. The number of aliphatic hydroxyl groups is 4. The third-order valence-corrected chi connectivity index (χ3v) is 11.9. The summed E-state index contributed by atoms with van der Waals surface area (Å²) in [6.45, 7) is 4.43. The van der Waals surface area contributed by atoms with Crippen LogP contribution in [0.1, 0.15) is 213 Å². The van der Waals surface area contributed by atoms with Gasteiger partial charge < -0.3 is 39.4 Å². The topological polar surface area (TPSA) is 135 Å². The summed E-state index contributed by atoms with van der Waals surface area (Å²) in [6.07, 6.45) is 55.0. The zero-order valence-electron chi connectivity index (χ0n) is 41.5. The average molecular weight is 915 g/mol. The molecule has 1 heterocycles. The van der Waals surface area contributed by atoms with E-state index in [0.29, 0.717) is 13.0 Å². The molecular weight excluding hydrogens is 817 g/mol. The van der Waals surface area contributed by atoms with Gasteiger partial charge in [0.15, 0.2) is 6.29 Å². The molecule has 0 aliphatic carbocycles. The van der Waals surface area contributed by atoms with E-state index in [9.17, 15) is 25.2 Å². The van der Waals surface area contributed by atoms with Crippen LogP contribution in [0.4, 0.5) is 0 Å². The molecule has 1 fully saturated rings. The number of allylic oxidation sites excluding steroid dienone is 12. The summed E-state index contributed by atoms with van der Waals surface area (Å²) in [5.74, 6) is -0.326. The lowest BCUT2D eigenvalue weighted by Gasteiger charge is -2.39. The molecule has 0 spiro atoms. The van der Waals surface area contributed by atoms with E-state index in [1.165, 1.54) is 116 Å². The minimum Gasteiger partial charge on any atom is -0.457 e. The number of unbranched alkanes of at least 4 members (excludes halogenated alkanes) is 22. The second kappa shape index (κ2) is 46.7. The summed E-state index contributed by atoms with van der Waals surface area (Å²) < 4.78 is 22.9. The number of esters is 1. The number of hydrogen-bond donors (Lipinski definition) is 4. The molecule has 9 nitrogen and oxygen atoms in total. The highest BCUT2D eigenvalue weighted by molar-refractivity contribution is 5.69. The van der Waals surface area contributed by atoms with Gasteiger partial charge in [-0.3, -0.25) is 4.79 Å². The van der Waals surface area contributed by atoms with Crippen molar-refractivity contribution in [2.75, 3.05) is 26.4 Å². The molecule has 1 saturated heterocycles. The van der Waals surface area contributed by atoms with Gasteiger partial charge in [-0.1, -0.05) is 196 Å². The van der Waals surface area contributed by atoms with Gasteiger partial charge in [0.1, 0.15) is 30.5 Å². The van der Waals surface area contributed by atoms with Crippen molar-refractivity contribution in [2.24, 2.45) is 0 Å². The van der Waals surface area contributed by atoms with Gasteiger partial charge in [0.25, 0.3) is 0 Å². The molecule has 1 aliphatic heterocycles. The van der Waals surface area contributed by atoms with Crippen LogP contribution >= 0.6 is 0 Å². The highest BCUT2D eigenvalue weighted by Crippen LogP contribution is 2.23. The Kier molecular flexibility index (Phi) is 43.6. The molecule has 0 radical (unpaired) electrons. The molecule has 6 atom stereocenters. The lowest BCUT2D eigenvalue weighted by molar-refractivity contribution is -0.305. The fourth-order valence-corrected chi connectivity index (χ4v) is 7.75. The summed E-state index contributed by atoms with van der Waals surface area (Å²) in [4.78, 5) is 12.9. The second-order valence-electron chi connectivity index (χ2n) is 17.9. The number of carbonyl (C=O) groups excluding carboxylic acids is 1. The Morgan fingerprint density at radius 2 is 0.938 bits per heavy atom. The van der Waals surface area contributed by atoms with Gasteiger partial charge in [-0.25, -0.2) is 0 Å². The summed E-state index contributed by atoms with van der Waals surface area (Å²) in [5.41, 5.74) is 0. The van der Waals surface area contributed by atoms with Gasteiger partial charge in [0.2, 0.25) is 0 Å². The number of hydrogen-bond acceptors (Lipinski definition) is 9. The van der Waals surface area contributed by atoms with Crippen LogP contribution in [0.25, 0.3) is 0 Å². The van der Waals surface area contributed by atoms with Gasteiger partial charge in [0, 0.05) is 13.0 Å². The lowest BCUT2D eigenvalue weighted by atomic mass is 9.99. The molecule has 0 aromatic heterocycles. The van der Waals surface area contributed by atoms with Crippen LogP contribution in [0.15, 0.2) is 72.9 Å². The summed E-state index contributed by atoms with van der Waals surface area (Å²) in [5, 5.41) is 40.3. The number of carbonyl (C=O) groups is 1. The van der Waals surface area contributed by atoms with E-state index in [1.54, 1.807) is 0 Å². The zero-order valence-corrected chi connectivity index (χ0v) is 41.5. The molecule has 0 saturated carbocycles. The first kappa shape index (κ1) is 60.6. The van der Waals surface area contributed by atoms with Crippen molar-refractivity contribution >= 4 is 5.97 Å². The minimum absolute atomic E-state index is 0.122. The average Bonchev–Trinajstić information content (AvgIpc) is 3.31. The van der Waals surface area contributed by atoms with Crippen LogP contribution in [-0.4, -0.2) is 89.6 Å². The monoisotopic (exact) mass is 915 g/mol. The maximum atomic E-state index is 12.9. The SMILES string of the molecule is CC/C=C\C/C=C\C/C=C\C/C=C\C/C=C\CCCCCCCCCC(=O)OC(COCCCCCCCCCC/C=C\CCCCCCCCC)COC1OC(CO)C(O)C(O)C1O. The molecule has 0 aromatic carbocycles. The summed E-state index contributed by atoms with van der Waals surface area (Å²) in [7, 11) is 0. The predicted octanol–water partition coefficient (Wildman–Crippen LogP) is 13.2. The van der Waals surface area contributed by atoms with Gasteiger partial charge in [-0.2, -0.15) is 0 Å². The third kappa shape index (κ3) is 37.3. The molecule has 65 heavy (non-hydrogen) atoms. The van der Waals surface area contributed by atoms with Crippen molar-refractivity contribution in [1.29, 1.82) is 0 Å². The molecule has 1 aliphatic rings. The summed E-state index contributed by atoms with van der Waals surface area (Å²) >= 11 is 0. The normalized spacial score (nSPS) is 20.0. The van der Waals surface area contributed by atoms with Crippen molar-refractivity contribution < 1.29 is 44.2 Å². The van der Waals surface area contributed by atoms with E-state index < -0.39 is 43.4 Å². The number of aliphatic hydroxyl groups excluding tert-OH is 4. The van der Waals surface area contributed by atoms with E-state index in [2.05, 4.69) is 86.8 Å². The summed E-state index contributed by atoms with van der Waals surface area (Å²) in [6, 6.07) is 0. The largest absolute Gasteiger partial charge is 0.457 e. The van der Waals surface area contributed by atoms with Crippen LogP contribution in [0, 0.1) is 0 Å². The number of rotatable bonds is 45. The fourth-order valence-electron chi connectivity index (χ4n) is 7.75. The van der Waals surface area contributed by atoms with E-state index in [1.807, 2.05) is 0 Å². The van der Waals surface area contributed by atoms with E-state index in [0.717, 1.165) is 77.0 Å². The molecule has 376 valence electrons. The first-order valence-electron chi connectivity index (χ1n) is 26.5. The van der Waals surface area contributed by atoms with Gasteiger partial charge in [0.05, 0.1) is 19.8 Å². The Morgan fingerprint density at radius 1 is 0.508 bits per heavy atom. The van der Waals surface area contributed by atoms with Crippen LogP contribution in [-0.2, 0) is 23.7 Å². The maximum Gasteiger partial charge on any atom is 0.306 e. The standard InChI is InChI=1S/C56H98O9/c1-3-5-7-9-11-13-15-17-19-21-23-24-25-26-27-29-31-33-35-37-39-41-43-45-52(58)64-50(49-63-56-55(61)54(60)53(59)51(47-57)65-56)48-62-46-44-42-40-38-36-34-32-30-28-22-20-18-16-14-12-10-8-6-4-2/h5,7,11,13,17,19-20,22-24,26-27,50-51,53-57,59-61H,3-4,6,8-10,12,14-16,18,21,25,28-49H2,1-2H3/b7-5-,13-11-,19-17-,22-20-,24-23-,27-26-. The molecule has 0 bridgehead atoms. The highest BCUT2D eigenvalue weighted by Gasteiger charge is 2.44. The van der Waals surface area contributed by atoms with Gasteiger partial charge in [-0.05, 0) is 83.5 Å². The Morgan fingerprint density at radius 3 is 1.43 bits per heavy atom. The molecule has 6 unspecified atom stereocenters. The van der Waals surface area contributed by atoms with Gasteiger partial charge in [-0.15, -0.1) is 0 Å². The van der Waals surface area contributed by atoms with E-state index in [-0.39, 0.29) is 19.2 Å². The van der Waals surface area contributed by atoms with E-state index in [4.69, 9.17) is 18.9 Å².